The number of hydrogen-bond acceptors (Lipinski definition) is 3. The van der Waals surface area contributed by atoms with Crippen molar-refractivity contribution < 1.29 is 9.53 Å². The van der Waals surface area contributed by atoms with Crippen molar-refractivity contribution in [3.05, 3.63) is 77.4 Å². The van der Waals surface area contributed by atoms with E-state index in [9.17, 15) is 4.79 Å². The van der Waals surface area contributed by atoms with E-state index in [1.54, 1.807) is 0 Å². The highest BCUT2D eigenvalue weighted by atomic mass is 16.5. The third kappa shape index (κ3) is 3.78. The van der Waals surface area contributed by atoms with Gasteiger partial charge in [-0.3, -0.25) is 9.69 Å². The highest BCUT2D eigenvalue weighted by Crippen LogP contribution is 2.31. The van der Waals surface area contributed by atoms with E-state index in [2.05, 4.69) is 22.3 Å². The van der Waals surface area contributed by atoms with Crippen LogP contribution in [0.1, 0.15) is 34.3 Å². The lowest BCUT2D eigenvalue weighted by atomic mass is 10.00. The van der Waals surface area contributed by atoms with Crippen LogP contribution in [-0.2, 0) is 17.8 Å². The van der Waals surface area contributed by atoms with Crippen molar-refractivity contribution in [2.24, 2.45) is 5.92 Å². The SMILES string of the molecule is O=C(Nc1cccc2c1CN(CC1CCOCC1)C2)c1cccc2ccccc12. The number of rotatable bonds is 4. The molecule has 1 N–H and O–H groups in total. The van der Waals surface area contributed by atoms with Crippen molar-refractivity contribution in [1.29, 1.82) is 0 Å². The van der Waals surface area contributed by atoms with E-state index in [4.69, 9.17) is 4.74 Å². The molecule has 0 aromatic heterocycles. The molecule has 4 heteroatoms. The first-order chi connectivity index (χ1) is 14.3. The number of carbonyl (C=O) groups is 1. The van der Waals surface area contributed by atoms with Crippen LogP contribution >= 0.6 is 0 Å². The van der Waals surface area contributed by atoms with Crippen LogP contribution in [0.15, 0.2) is 60.7 Å². The lowest BCUT2D eigenvalue weighted by Crippen LogP contribution is -2.28. The Morgan fingerprint density at radius 1 is 0.966 bits per heavy atom. The standard InChI is InChI=1S/C25H26N2O2/c28-25(22-9-3-6-19-5-1-2-8-21(19)22)26-24-10-4-7-20-16-27(17-23(20)24)15-18-11-13-29-14-12-18/h1-10,18H,11-17H2,(H,26,28). The van der Waals surface area contributed by atoms with E-state index in [0.717, 1.165) is 67.7 Å². The van der Waals surface area contributed by atoms with Gasteiger partial charge in [-0.1, -0.05) is 48.5 Å². The lowest BCUT2D eigenvalue weighted by molar-refractivity contribution is 0.0521. The Morgan fingerprint density at radius 2 is 1.76 bits per heavy atom. The molecule has 0 spiro atoms. The molecule has 0 aliphatic carbocycles. The number of anilines is 1. The van der Waals surface area contributed by atoms with Gasteiger partial charge in [0.1, 0.15) is 0 Å². The van der Waals surface area contributed by atoms with Gasteiger partial charge in [0, 0.05) is 44.1 Å². The molecule has 29 heavy (non-hydrogen) atoms. The molecule has 3 aromatic carbocycles. The van der Waals surface area contributed by atoms with Gasteiger partial charge in [0.25, 0.3) is 5.91 Å². The van der Waals surface area contributed by atoms with E-state index in [1.807, 2.05) is 48.5 Å². The first-order valence-corrected chi connectivity index (χ1v) is 10.5. The van der Waals surface area contributed by atoms with Crippen molar-refractivity contribution in [1.82, 2.24) is 4.90 Å². The Balaban J connectivity index is 1.34. The van der Waals surface area contributed by atoms with Crippen LogP contribution in [0.2, 0.25) is 0 Å². The van der Waals surface area contributed by atoms with Crippen LogP contribution in [0.25, 0.3) is 10.8 Å². The summed E-state index contributed by atoms with van der Waals surface area (Å²) in [7, 11) is 0. The second-order valence-electron chi connectivity index (χ2n) is 8.15. The van der Waals surface area contributed by atoms with Crippen molar-refractivity contribution in [2.45, 2.75) is 25.9 Å². The maximum atomic E-state index is 13.1. The maximum Gasteiger partial charge on any atom is 0.256 e. The average Bonchev–Trinajstić information content (AvgIpc) is 3.17. The summed E-state index contributed by atoms with van der Waals surface area (Å²) in [4.78, 5) is 15.6. The number of ether oxygens (including phenoxy) is 1. The molecule has 1 fully saturated rings. The second kappa shape index (κ2) is 7.97. The lowest BCUT2D eigenvalue weighted by Gasteiger charge is -2.26. The molecule has 1 amide bonds. The predicted molar refractivity (Wildman–Crippen MR) is 116 cm³/mol. The van der Waals surface area contributed by atoms with Crippen LogP contribution in [0, 0.1) is 5.92 Å². The van der Waals surface area contributed by atoms with E-state index < -0.39 is 0 Å². The number of fused-ring (bicyclic) bond motifs is 2. The fourth-order valence-electron chi connectivity index (χ4n) is 4.64. The normalized spacial score (nSPS) is 17.4. The number of benzene rings is 3. The summed E-state index contributed by atoms with van der Waals surface area (Å²) in [5.41, 5.74) is 4.24. The molecule has 0 saturated carbocycles. The van der Waals surface area contributed by atoms with Gasteiger partial charge in [-0.15, -0.1) is 0 Å². The molecule has 2 heterocycles. The highest BCUT2D eigenvalue weighted by molar-refractivity contribution is 6.13. The largest absolute Gasteiger partial charge is 0.381 e. The zero-order valence-corrected chi connectivity index (χ0v) is 16.6. The zero-order chi connectivity index (χ0) is 19.6. The van der Waals surface area contributed by atoms with Crippen molar-refractivity contribution in [3.8, 4) is 0 Å². The Kier molecular flexibility index (Phi) is 5.04. The van der Waals surface area contributed by atoms with Crippen LogP contribution < -0.4 is 5.32 Å². The summed E-state index contributed by atoms with van der Waals surface area (Å²) in [6.45, 7) is 4.74. The Morgan fingerprint density at radius 3 is 2.66 bits per heavy atom. The number of nitrogens with zero attached hydrogens (tertiary/aromatic N) is 1. The van der Waals surface area contributed by atoms with Crippen LogP contribution in [0.5, 0.6) is 0 Å². The minimum absolute atomic E-state index is 0.0434. The van der Waals surface area contributed by atoms with Gasteiger partial charge in [-0.2, -0.15) is 0 Å². The first kappa shape index (κ1) is 18.3. The van der Waals surface area contributed by atoms with E-state index in [-0.39, 0.29) is 5.91 Å². The Labute approximate surface area is 171 Å². The van der Waals surface area contributed by atoms with E-state index in [1.165, 1.54) is 11.1 Å². The molecule has 4 nitrogen and oxygen atoms in total. The summed E-state index contributed by atoms with van der Waals surface area (Å²) in [6, 6.07) is 20.2. The third-order valence-corrected chi connectivity index (χ3v) is 6.19. The molecule has 2 aliphatic heterocycles. The number of hydrogen-bond donors (Lipinski definition) is 1. The molecule has 2 aliphatic rings. The van der Waals surface area contributed by atoms with Crippen LogP contribution in [0.3, 0.4) is 0 Å². The highest BCUT2D eigenvalue weighted by Gasteiger charge is 2.25. The smallest absolute Gasteiger partial charge is 0.256 e. The number of nitrogens with one attached hydrogen (secondary N) is 1. The van der Waals surface area contributed by atoms with Gasteiger partial charge >= 0.3 is 0 Å². The maximum absolute atomic E-state index is 13.1. The fourth-order valence-corrected chi connectivity index (χ4v) is 4.64. The summed E-state index contributed by atoms with van der Waals surface area (Å²) >= 11 is 0. The minimum atomic E-state index is -0.0434. The quantitative estimate of drug-likeness (QED) is 0.698. The van der Waals surface area contributed by atoms with Crippen LogP contribution in [0.4, 0.5) is 5.69 Å². The molecule has 3 aromatic rings. The molecule has 1 saturated heterocycles. The van der Waals surface area contributed by atoms with Crippen molar-refractivity contribution in [2.75, 3.05) is 25.1 Å². The number of amides is 1. The zero-order valence-electron chi connectivity index (χ0n) is 16.6. The van der Waals surface area contributed by atoms with E-state index >= 15 is 0 Å². The van der Waals surface area contributed by atoms with Gasteiger partial charge in [-0.25, -0.2) is 0 Å². The Bertz CT molecular complexity index is 1030. The van der Waals surface area contributed by atoms with Gasteiger partial charge in [0.15, 0.2) is 0 Å². The second-order valence-corrected chi connectivity index (χ2v) is 8.15. The molecule has 148 valence electrons. The molecule has 0 atom stereocenters. The summed E-state index contributed by atoms with van der Waals surface area (Å²) in [5, 5.41) is 5.26. The van der Waals surface area contributed by atoms with Gasteiger partial charge < -0.3 is 10.1 Å². The average molecular weight is 386 g/mol. The van der Waals surface area contributed by atoms with Crippen LogP contribution in [-0.4, -0.2) is 30.6 Å². The summed E-state index contributed by atoms with van der Waals surface area (Å²) in [6.07, 6.45) is 2.30. The molecular formula is C25H26N2O2. The molecule has 0 unspecified atom stereocenters. The molecule has 0 radical (unpaired) electrons. The third-order valence-electron chi connectivity index (χ3n) is 6.19. The molecular weight excluding hydrogens is 360 g/mol. The fraction of sp³-hybridized carbons (Fsp3) is 0.320. The number of carbonyl (C=O) groups excluding carboxylic acids is 1. The van der Waals surface area contributed by atoms with Gasteiger partial charge in [0.2, 0.25) is 0 Å². The van der Waals surface area contributed by atoms with E-state index in [0.29, 0.717) is 5.92 Å². The molecule has 0 bridgehead atoms. The minimum Gasteiger partial charge on any atom is -0.381 e. The van der Waals surface area contributed by atoms with Gasteiger partial charge in [0.05, 0.1) is 0 Å². The topological polar surface area (TPSA) is 41.6 Å². The molecule has 5 rings (SSSR count). The monoisotopic (exact) mass is 386 g/mol. The van der Waals surface area contributed by atoms with Gasteiger partial charge in [-0.05, 0) is 52.8 Å². The summed E-state index contributed by atoms with van der Waals surface area (Å²) < 4.78 is 5.50. The first-order valence-electron chi connectivity index (χ1n) is 10.5. The summed E-state index contributed by atoms with van der Waals surface area (Å²) in [5.74, 6) is 0.671. The Hall–Kier alpha value is -2.69. The predicted octanol–water partition coefficient (Wildman–Crippen LogP) is 4.83. The van der Waals surface area contributed by atoms with Crippen molar-refractivity contribution in [3.63, 3.8) is 0 Å². The van der Waals surface area contributed by atoms with Crippen molar-refractivity contribution >= 4 is 22.4 Å².